The van der Waals surface area contributed by atoms with Crippen molar-refractivity contribution in [2.75, 3.05) is 6.61 Å². The summed E-state index contributed by atoms with van der Waals surface area (Å²) < 4.78 is 24.1. The summed E-state index contributed by atoms with van der Waals surface area (Å²) in [5.74, 6) is -1.18. The molecule has 1 saturated heterocycles. The van der Waals surface area contributed by atoms with Crippen molar-refractivity contribution in [1.29, 1.82) is 0 Å². The van der Waals surface area contributed by atoms with E-state index >= 15 is 0 Å². The highest BCUT2D eigenvalue weighted by Crippen LogP contribution is 2.38. The molecule has 0 aliphatic carbocycles. The van der Waals surface area contributed by atoms with Crippen molar-refractivity contribution in [2.45, 2.75) is 70.7 Å². The van der Waals surface area contributed by atoms with Crippen LogP contribution in [0.15, 0.2) is 78.9 Å². The van der Waals surface area contributed by atoms with Crippen LogP contribution in [0.1, 0.15) is 63.6 Å². The summed E-state index contributed by atoms with van der Waals surface area (Å²) in [4.78, 5) is 26.5. The summed E-state index contributed by atoms with van der Waals surface area (Å²) in [5, 5.41) is 11.2. The third-order valence-corrected chi connectivity index (χ3v) is 6.99. The summed E-state index contributed by atoms with van der Waals surface area (Å²) in [6.07, 6.45) is -1.76. The first-order valence-corrected chi connectivity index (χ1v) is 13.3. The summed E-state index contributed by atoms with van der Waals surface area (Å²) in [6.45, 7) is 5.86. The summed E-state index contributed by atoms with van der Waals surface area (Å²) in [5.41, 5.74) is 2.12. The Kier molecular flexibility index (Phi) is 9.51. The number of unbranched alkanes of at least 4 members (excludes halogenated alkanes) is 1. The first kappa shape index (κ1) is 28.5. The molecule has 4 atom stereocenters. The van der Waals surface area contributed by atoms with E-state index in [9.17, 15) is 14.7 Å². The van der Waals surface area contributed by atoms with Crippen LogP contribution < -0.4 is 0 Å². The molecule has 0 saturated carbocycles. The summed E-state index contributed by atoms with van der Waals surface area (Å²) in [6, 6.07) is 23.5. The van der Waals surface area contributed by atoms with Gasteiger partial charge in [0.15, 0.2) is 24.1 Å². The minimum atomic E-state index is -1.47. The maximum Gasteiger partial charge on any atom is 0.338 e. The molecule has 0 radical (unpaired) electrons. The van der Waals surface area contributed by atoms with E-state index < -0.39 is 36.0 Å². The van der Waals surface area contributed by atoms with Gasteiger partial charge in [-0.2, -0.15) is 0 Å². The lowest BCUT2D eigenvalue weighted by molar-refractivity contribution is -0.320. The molecule has 1 aliphatic rings. The lowest BCUT2D eigenvalue weighted by Gasteiger charge is -2.48. The van der Waals surface area contributed by atoms with E-state index in [4.69, 9.17) is 18.9 Å². The quantitative estimate of drug-likeness (QED) is 0.342. The van der Waals surface area contributed by atoms with Crippen molar-refractivity contribution >= 4 is 11.9 Å². The average molecular weight is 533 g/mol. The molecule has 7 heteroatoms. The lowest BCUT2D eigenvalue weighted by Crippen LogP contribution is -2.66. The molecule has 1 fully saturated rings. The summed E-state index contributed by atoms with van der Waals surface area (Å²) in [7, 11) is 0. The molecule has 39 heavy (non-hydrogen) atoms. The zero-order chi connectivity index (χ0) is 27.8. The lowest BCUT2D eigenvalue weighted by atomic mass is 9.84. The zero-order valence-electron chi connectivity index (χ0n) is 22.7. The fourth-order valence-corrected chi connectivity index (χ4v) is 4.65. The molecule has 0 spiro atoms. The van der Waals surface area contributed by atoms with Crippen LogP contribution in [0.3, 0.4) is 0 Å². The highest BCUT2D eigenvalue weighted by Gasteiger charge is 2.57. The Morgan fingerprint density at radius 3 is 2.00 bits per heavy atom. The molecule has 0 bridgehead atoms. The van der Waals surface area contributed by atoms with Gasteiger partial charge in [-0.1, -0.05) is 85.5 Å². The molecule has 1 N–H and O–H groups in total. The minimum absolute atomic E-state index is 0.141. The monoisotopic (exact) mass is 532 g/mol. The van der Waals surface area contributed by atoms with E-state index in [0.29, 0.717) is 24.0 Å². The maximum absolute atomic E-state index is 13.4. The fraction of sp³-hybridized carbons (Fsp3) is 0.375. The Labute approximate surface area is 229 Å². The van der Waals surface area contributed by atoms with E-state index in [2.05, 4.69) is 0 Å². The second-order valence-corrected chi connectivity index (χ2v) is 10.0. The average Bonchev–Trinajstić information content (AvgIpc) is 2.95. The molecule has 3 aromatic carbocycles. The maximum atomic E-state index is 13.4. The predicted molar refractivity (Wildman–Crippen MR) is 146 cm³/mol. The molecule has 0 aromatic heterocycles. The van der Waals surface area contributed by atoms with Gasteiger partial charge in [-0.05, 0) is 50.1 Å². The van der Waals surface area contributed by atoms with Crippen LogP contribution in [0.25, 0.3) is 0 Å². The molecule has 0 amide bonds. The highest BCUT2D eigenvalue weighted by atomic mass is 16.7. The second kappa shape index (κ2) is 13.0. The molecular formula is C32H36O7. The SMILES string of the molecule is CCCC[C@]1(OCc2ccccc2)C(O)OC[C@@H](OC(=O)c2ccc(C)cc2)[C@H]1OC(=O)c1ccc(C)cc1. The van der Waals surface area contributed by atoms with Crippen molar-refractivity contribution in [3.05, 3.63) is 107 Å². The Bertz CT molecular complexity index is 1220. The van der Waals surface area contributed by atoms with Crippen LogP contribution in [0.4, 0.5) is 0 Å². The number of carbonyl (C=O) groups is 2. The van der Waals surface area contributed by atoms with Gasteiger partial charge in [0, 0.05) is 0 Å². The normalized spacial score (nSPS) is 22.7. The molecule has 206 valence electrons. The van der Waals surface area contributed by atoms with Crippen LogP contribution in [0.2, 0.25) is 0 Å². The predicted octanol–water partition coefficient (Wildman–Crippen LogP) is 5.55. The van der Waals surface area contributed by atoms with E-state index in [1.54, 1.807) is 24.3 Å². The fourth-order valence-electron chi connectivity index (χ4n) is 4.65. The number of esters is 2. The molecule has 3 aromatic rings. The van der Waals surface area contributed by atoms with Crippen LogP contribution in [-0.2, 0) is 25.6 Å². The highest BCUT2D eigenvalue weighted by molar-refractivity contribution is 5.90. The molecular weight excluding hydrogens is 496 g/mol. The number of hydrogen-bond acceptors (Lipinski definition) is 7. The van der Waals surface area contributed by atoms with Gasteiger partial charge in [-0.15, -0.1) is 0 Å². The number of rotatable bonds is 10. The van der Waals surface area contributed by atoms with Gasteiger partial charge < -0.3 is 24.1 Å². The van der Waals surface area contributed by atoms with Gasteiger partial charge in [-0.25, -0.2) is 9.59 Å². The van der Waals surface area contributed by atoms with Crippen molar-refractivity contribution in [3.8, 4) is 0 Å². The van der Waals surface area contributed by atoms with E-state index in [1.807, 2.05) is 75.4 Å². The Morgan fingerprint density at radius 1 is 0.872 bits per heavy atom. The van der Waals surface area contributed by atoms with Crippen LogP contribution in [0, 0.1) is 13.8 Å². The molecule has 7 nitrogen and oxygen atoms in total. The number of hydrogen-bond donors (Lipinski definition) is 1. The van der Waals surface area contributed by atoms with Gasteiger partial charge >= 0.3 is 11.9 Å². The van der Waals surface area contributed by atoms with Gasteiger partial charge in [0.2, 0.25) is 0 Å². The van der Waals surface area contributed by atoms with Gasteiger partial charge in [-0.3, -0.25) is 0 Å². The van der Waals surface area contributed by atoms with Gasteiger partial charge in [0.1, 0.15) is 0 Å². The summed E-state index contributed by atoms with van der Waals surface area (Å²) >= 11 is 0. The Morgan fingerprint density at radius 2 is 1.44 bits per heavy atom. The van der Waals surface area contributed by atoms with Crippen LogP contribution >= 0.6 is 0 Å². The van der Waals surface area contributed by atoms with Crippen molar-refractivity contribution in [1.82, 2.24) is 0 Å². The minimum Gasteiger partial charge on any atom is -0.452 e. The number of aliphatic hydroxyl groups excluding tert-OH is 1. The number of benzene rings is 3. The third-order valence-electron chi connectivity index (χ3n) is 6.99. The topological polar surface area (TPSA) is 91.3 Å². The van der Waals surface area contributed by atoms with Crippen LogP contribution in [0.5, 0.6) is 0 Å². The first-order valence-electron chi connectivity index (χ1n) is 13.3. The zero-order valence-corrected chi connectivity index (χ0v) is 22.7. The molecule has 1 aliphatic heterocycles. The van der Waals surface area contributed by atoms with E-state index in [1.165, 1.54) is 0 Å². The first-order chi connectivity index (χ1) is 18.8. The largest absolute Gasteiger partial charge is 0.452 e. The number of ether oxygens (including phenoxy) is 4. The van der Waals surface area contributed by atoms with E-state index in [-0.39, 0.29) is 13.2 Å². The smallest absolute Gasteiger partial charge is 0.338 e. The Balaban J connectivity index is 1.69. The van der Waals surface area contributed by atoms with Crippen molar-refractivity contribution < 1.29 is 33.6 Å². The Hall–Kier alpha value is -3.52. The van der Waals surface area contributed by atoms with Gasteiger partial charge in [0.05, 0.1) is 24.3 Å². The standard InChI is InChI=1S/C32H36O7/c1-4-5-19-32(37-20-24-9-7-6-8-10-24)28(39-30(34)26-17-13-23(3)14-18-26)27(21-36-31(32)35)38-29(33)25-15-11-22(2)12-16-25/h6-18,27-28,31,35H,4-5,19-21H2,1-3H3/t27-,28-,31?,32-/m1/s1. The number of aryl methyl sites for hydroxylation is 2. The third kappa shape index (κ3) is 6.92. The van der Waals surface area contributed by atoms with Crippen LogP contribution in [-0.4, -0.2) is 47.8 Å². The number of carbonyl (C=O) groups excluding carboxylic acids is 2. The van der Waals surface area contributed by atoms with Gasteiger partial charge in [0.25, 0.3) is 0 Å². The number of aliphatic hydroxyl groups is 1. The van der Waals surface area contributed by atoms with Crippen molar-refractivity contribution in [2.24, 2.45) is 0 Å². The van der Waals surface area contributed by atoms with Crippen molar-refractivity contribution in [3.63, 3.8) is 0 Å². The molecule has 4 rings (SSSR count). The molecule has 1 heterocycles. The van der Waals surface area contributed by atoms with E-state index in [0.717, 1.165) is 23.1 Å². The molecule has 1 unspecified atom stereocenters. The second-order valence-electron chi connectivity index (χ2n) is 10.0.